The lowest BCUT2D eigenvalue weighted by Crippen LogP contribution is -2.40. The van der Waals surface area contributed by atoms with Gasteiger partial charge >= 0.3 is 5.69 Å². The summed E-state index contributed by atoms with van der Waals surface area (Å²) in [5.41, 5.74) is 3.35. The van der Waals surface area contributed by atoms with Gasteiger partial charge in [0.1, 0.15) is 29.4 Å². The van der Waals surface area contributed by atoms with Crippen molar-refractivity contribution in [2.45, 2.75) is 46.4 Å². The van der Waals surface area contributed by atoms with Gasteiger partial charge in [-0.25, -0.2) is 9.78 Å². The van der Waals surface area contributed by atoms with Crippen LogP contribution in [0.5, 0.6) is 11.5 Å². The topological polar surface area (TPSA) is 120 Å². The second-order valence-electron chi connectivity index (χ2n) is 8.97. The SMILES string of the molecule is CCCn1c(=O)c2[nH]c(-c3ccc(OCc4cc(-c5ccccc5OC)n[nH]4)cc3)nc2n(CCC)c1=O. The summed E-state index contributed by atoms with van der Waals surface area (Å²) in [4.78, 5) is 33.7. The first kappa shape index (κ1) is 25.1. The molecule has 0 unspecified atom stereocenters. The summed E-state index contributed by atoms with van der Waals surface area (Å²) in [6, 6.07) is 17.1. The molecule has 10 heteroatoms. The van der Waals surface area contributed by atoms with Gasteiger partial charge in [-0.15, -0.1) is 0 Å². The number of aromatic amines is 2. The molecule has 0 saturated heterocycles. The number of para-hydroxylation sites is 1. The van der Waals surface area contributed by atoms with Crippen molar-refractivity contribution in [3.8, 4) is 34.1 Å². The van der Waals surface area contributed by atoms with Crippen molar-refractivity contribution in [2.75, 3.05) is 7.11 Å². The van der Waals surface area contributed by atoms with E-state index < -0.39 is 0 Å². The molecule has 196 valence electrons. The number of nitrogens with one attached hydrogen (secondary N) is 2. The number of hydrogen-bond acceptors (Lipinski definition) is 6. The number of benzene rings is 2. The number of ether oxygens (including phenoxy) is 2. The van der Waals surface area contributed by atoms with E-state index in [1.807, 2.05) is 68.4 Å². The van der Waals surface area contributed by atoms with Crippen LogP contribution in [0.3, 0.4) is 0 Å². The molecule has 5 aromatic rings. The molecule has 0 bridgehead atoms. The molecule has 0 aliphatic heterocycles. The molecule has 0 atom stereocenters. The Bertz CT molecular complexity index is 1680. The fourth-order valence-electron chi connectivity index (χ4n) is 4.45. The molecule has 38 heavy (non-hydrogen) atoms. The average Bonchev–Trinajstić information content (AvgIpc) is 3.61. The van der Waals surface area contributed by atoms with Crippen LogP contribution in [-0.4, -0.2) is 36.4 Å². The molecule has 2 N–H and O–H groups in total. The summed E-state index contributed by atoms with van der Waals surface area (Å²) >= 11 is 0. The quantitative estimate of drug-likeness (QED) is 0.286. The van der Waals surface area contributed by atoms with Gasteiger partial charge in [0, 0.05) is 24.2 Å². The smallest absolute Gasteiger partial charge is 0.332 e. The maximum atomic E-state index is 13.0. The fraction of sp³-hybridized carbons (Fsp3) is 0.286. The lowest BCUT2D eigenvalue weighted by Gasteiger charge is -2.09. The number of nitrogens with zero attached hydrogens (tertiary/aromatic N) is 4. The summed E-state index contributed by atoms with van der Waals surface area (Å²) in [7, 11) is 1.64. The highest BCUT2D eigenvalue weighted by molar-refractivity contribution is 5.75. The van der Waals surface area contributed by atoms with Gasteiger partial charge in [0.15, 0.2) is 5.65 Å². The summed E-state index contributed by atoms with van der Waals surface area (Å²) < 4.78 is 14.2. The number of hydrogen-bond donors (Lipinski definition) is 2. The van der Waals surface area contributed by atoms with Gasteiger partial charge in [0.25, 0.3) is 5.56 Å². The maximum Gasteiger partial charge on any atom is 0.332 e. The van der Waals surface area contributed by atoms with E-state index in [0.717, 1.165) is 34.7 Å². The van der Waals surface area contributed by atoms with E-state index in [0.29, 0.717) is 48.9 Å². The minimum atomic E-state index is -0.343. The van der Waals surface area contributed by atoms with Crippen LogP contribution in [0, 0.1) is 0 Å². The Balaban J connectivity index is 1.35. The molecular formula is C28H30N6O4. The first-order chi connectivity index (χ1) is 18.5. The van der Waals surface area contributed by atoms with E-state index >= 15 is 0 Å². The molecule has 0 radical (unpaired) electrons. The van der Waals surface area contributed by atoms with E-state index in [1.165, 1.54) is 4.57 Å². The van der Waals surface area contributed by atoms with Crippen molar-refractivity contribution in [1.29, 1.82) is 0 Å². The number of H-pyrrole nitrogens is 2. The van der Waals surface area contributed by atoms with Gasteiger partial charge in [0.2, 0.25) is 0 Å². The van der Waals surface area contributed by atoms with Crippen LogP contribution >= 0.6 is 0 Å². The second kappa shape index (κ2) is 10.8. The van der Waals surface area contributed by atoms with Crippen LogP contribution in [0.2, 0.25) is 0 Å². The molecule has 0 fully saturated rings. The second-order valence-corrected chi connectivity index (χ2v) is 8.97. The predicted molar refractivity (Wildman–Crippen MR) is 146 cm³/mol. The lowest BCUT2D eigenvalue weighted by molar-refractivity contribution is 0.301. The first-order valence-electron chi connectivity index (χ1n) is 12.7. The van der Waals surface area contributed by atoms with Crippen LogP contribution in [0.25, 0.3) is 33.8 Å². The summed E-state index contributed by atoms with van der Waals surface area (Å²) in [6.07, 6.45) is 1.44. The molecule has 0 aliphatic carbocycles. The molecule has 0 spiro atoms. The number of imidazole rings is 1. The Labute approximate surface area is 218 Å². The van der Waals surface area contributed by atoms with Crippen molar-refractivity contribution >= 4 is 11.2 Å². The van der Waals surface area contributed by atoms with Crippen LogP contribution < -0.4 is 20.7 Å². The average molecular weight is 515 g/mol. The highest BCUT2D eigenvalue weighted by atomic mass is 16.5. The van der Waals surface area contributed by atoms with Crippen LogP contribution in [0.15, 0.2) is 64.2 Å². The zero-order chi connectivity index (χ0) is 26.6. The molecule has 0 amide bonds. The number of fused-ring (bicyclic) bond motifs is 1. The van der Waals surface area contributed by atoms with Gasteiger partial charge in [-0.2, -0.15) is 5.10 Å². The van der Waals surface area contributed by atoms with Gasteiger partial charge in [-0.3, -0.25) is 19.0 Å². The Morgan fingerprint density at radius 1 is 0.947 bits per heavy atom. The molecule has 5 rings (SSSR count). The normalized spacial score (nSPS) is 11.2. The number of rotatable bonds is 10. The van der Waals surface area contributed by atoms with Gasteiger partial charge in [-0.1, -0.05) is 26.0 Å². The van der Waals surface area contributed by atoms with E-state index in [4.69, 9.17) is 9.47 Å². The van der Waals surface area contributed by atoms with E-state index in [2.05, 4.69) is 20.2 Å². The Hall–Kier alpha value is -4.60. The Morgan fingerprint density at radius 3 is 2.42 bits per heavy atom. The molecule has 2 aromatic carbocycles. The third kappa shape index (κ3) is 4.72. The lowest BCUT2D eigenvalue weighted by atomic mass is 10.1. The third-order valence-electron chi connectivity index (χ3n) is 6.29. The van der Waals surface area contributed by atoms with Crippen molar-refractivity contribution < 1.29 is 9.47 Å². The monoisotopic (exact) mass is 514 g/mol. The fourth-order valence-corrected chi connectivity index (χ4v) is 4.45. The summed E-state index contributed by atoms with van der Waals surface area (Å²) in [5, 5.41) is 7.40. The third-order valence-corrected chi connectivity index (χ3v) is 6.29. The number of aromatic nitrogens is 6. The van der Waals surface area contributed by atoms with Crippen LogP contribution in [0.1, 0.15) is 32.4 Å². The molecule has 0 saturated carbocycles. The van der Waals surface area contributed by atoms with Crippen molar-refractivity contribution in [2.24, 2.45) is 0 Å². The van der Waals surface area contributed by atoms with Crippen molar-refractivity contribution in [3.63, 3.8) is 0 Å². The van der Waals surface area contributed by atoms with Gasteiger partial charge < -0.3 is 14.5 Å². The molecular weight excluding hydrogens is 484 g/mol. The van der Waals surface area contributed by atoms with Crippen LogP contribution in [-0.2, 0) is 19.7 Å². The Morgan fingerprint density at radius 2 is 1.68 bits per heavy atom. The zero-order valence-corrected chi connectivity index (χ0v) is 21.7. The maximum absolute atomic E-state index is 13.0. The Kier molecular flexibility index (Phi) is 7.12. The minimum absolute atomic E-state index is 0.312. The van der Waals surface area contributed by atoms with Gasteiger partial charge in [0.05, 0.1) is 18.5 Å². The summed E-state index contributed by atoms with van der Waals surface area (Å²) in [6.45, 7) is 5.10. The van der Waals surface area contributed by atoms with E-state index in [9.17, 15) is 9.59 Å². The highest BCUT2D eigenvalue weighted by Gasteiger charge is 2.17. The van der Waals surface area contributed by atoms with E-state index in [-0.39, 0.29) is 11.2 Å². The van der Waals surface area contributed by atoms with Crippen molar-refractivity contribution in [1.82, 2.24) is 29.3 Å². The highest BCUT2D eigenvalue weighted by Crippen LogP contribution is 2.28. The minimum Gasteiger partial charge on any atom is -0.496 e. The predicted octanol–water partition coefficient (Wildman–Crippen LogP) is 4.35. The number of aryl methyl sites for hydroxylation is 1. The van der Waals surface area contributed by atoms with Crippen molar-refractivity contribution in [3.05, 3.63) is 81.1 Å². The van der Waals surface area contributed by atoms with Crippen LogP contribution in [0.4, 0.5) is 0 Å². The molecule has 3 heterocycles. The standard InChI is InChI=1S/C28H30N6O4/c1-4-14-33-26-24(27(35)34(15-5-2)28(33)36)29-25(30-26)18-10-12-20(13-11-18)38-17-19-16-22(32-31-19)21-8-6-7-9-23(21)37-3/h6-13,16H,4-5,14-15,17H2,1-3H3,(H,29,30)(H,31,32). The molecule has 3 aromatic heterocycles. The van der Waals surface area contributed by atoms with E-state index in [1.54, 1.807) is 11.7 Å². The van der Waals surface area contributed by atoms with Gasteiger partial charge in [-0.05, 0) is 55.3 Å². The molecule has 0 aliphatic rings. The number of methoxy groups -OCH3 is 1. The summed E-state index contributed by atoms with van der Waals surface area (Å²) in [5.74, 6) is 1.95. The molecule has 10 nitrogen and oxygen atoms in total. The zero-order valence-electron chi connectivity index (χ0n) is 21.7. The first-order valence-corrected chi connectivity index (χ1v) is 12.7. The largest absolute Gasteiger partial charge is 0.496 e.